The molecular weight excluding hydrogens is 397 g/mol. The third-order valence-corrected chi connectivity index (χ3v) is 6.20. The predicted molar refractivity (Wildman–Crippen MR) is 115 cm³/mol. The van der Waals surface area contributed by atoms with E-state index in [9.17, 15) is 9.18 Å². The van der Waals surface area contributed by atoms with Gasteiger partial charge in [0.15, 0.2) is 11.6 Å². The van der Waals surface area contributed by atoms with E-state index in [1.165, 1.54) is 7.11 Å². The third kappa shape index (κ3) is 5.22. The van der Waals surface area contributed by atoms with Crippen molar-refractivity contribution < 1.29 is 18.7 Å². The van der Waals surface area contributed by atoms with Crippen molar-refractivity contribution in [3.63, 3.8) is 0 Å². The molecule has 0 aliphatic carbocycles. The topological polar surface area (TPSA) is 63.7 Å². The second-order valence-electron chi connectivity index (χ2n) is 8.31. The van der Waals surface area contributed by atoms with Gasteiger partial charge in [0.1, 0.15) is 6.10 Å². The van der Waals surface area contributed by atoms with Crippen LogP contribution in [0.5, 0.6) is 5.75 Å². The SMILES string of the molecule is COc1cccc(CN2CCC[C@@H]([C@H](NC(=O)[C@@H]3CCCO3)c3ccccn3)C2)c1F. The van der Waals surface area contributed by atoms with Gasteiger partial charge in [-0.1, -0.05) is 18.2 Å². The number of nitrogens with one attached hydrogen (secondary N) is 1. The van der Waals surface area contributed by atoms with Crippen molar-refractivity contribution in [2.24, 2.45) is 5.92 Å². The summed E-state index contributed by atoms with van der Waals surface area (Å²) in [5.41, 5.74) is 1.48. The number of hydrogen-bond acceptors (Lipinski definition) is 5. The molecule has 0 radical (unpaired) electrons. The zero-order chi connectivity index (χ0) is 21.6. The first-order valence-corrected chi connectivity index (χ1v) is 11.0. The Kier molecular flexibility index (Phi) is 7.14. The molecular formula is C24H30FN3O3. The highest BCUT2D eigenvalue weighted by Gasteiger charge is 2.33. The number of piperidine rings is 1. The van der Waals surface area contributed by atoms with E-state index in [-0.39, 0.29) is 35.5 Å². The Bertz CT molecular complexity index is 874. The number of halogens is 1. The largest absolute Gasteiger partial charge is 0.494 e. The van der Waals surface area contributed by atoms with E-state index in [1.807, 2.05) is 24.3 Å². The molecule has 0 spiro atoms. The summed E-state index contributed by atoms with van der Waals surface area (Å²) in [5.74, 6) is 0.0770. The first-order valence-electron chi connectivity index (χ1n) is 11.0. The minimum atomic E-state index is -0.378. The van der Waals surface area contributed by atoms with Gasteiger partial charge in [0.05, 0.1) is 18.8 Å². The fraction of sp³-hybridized carbons (Fsp3) is 0.500. The van der Waals surface area contributed by atoms with E-state index >= 15 is 0 Å². The summed E-state index contributed by atoms with van der Waals surface area (Å²) in [6.45, 7) is 2.79. The summed E-state index contributed by atoms with van der Waals surface area (Å²) < 4.78 is 25.4. The lowest BCUT2D eigenvalue weighted by molar-refractivity contribution is -0.131. The summed E-state index contributed by atoms with van der Waals surface area (Å²) >= 11 is 0. The molecule has 2 saturated heterocycles. The Morgan fingerprint density at radius 3 is 2.94 bits per heavy atom. The monoisotopic (exact) mass is 427 g/mol. The highest BCUT2D eigenvalue weighted by molar-refractivity contribution is 5.81. The number of pyridine rings is 1. The van der Waals surface area contributed by atoms with E-state index in [1.54, 1.807) is 18.3 Å². The van der Waals surface area contributed by atoms with Gasteiger partial charge < -0.3 is 14.8 Å². The summed E-state index contributed by atoms with van der Waals surface area (Å²) in [6, 6.07) is 10.8. The lowest BCUT2D eigenvalue weighted by atomic mass is 9.88. The summed E-state index contributed by atoms with van der Waals surface area (Å²) in [4.78, 5) is 19.6. The van der Waals surface area contributed by atoms with Crippen LogP contribution in [0.1, 0.15) is 43.0 Å². The van der Waals surface area contributed by atoms with Crippen LogP contribution < -0.4 is 10.1 Å². The second kappa shape index (κ2) is 10.2. The Balaban J connectivity index is 1.49. The number of ether oxygens (including phenoxy) is 2. The van der Waals surface area contributed by atoms with E-state index in [4.69, 9.17) is 9.47 Å². The van der Waals surface area contributed by atoms with Gasteiger partial charge in [-0.3, -0.25) is 14.7 Å². The Morgan fingerprint density at radius 1 is 1.29 bits per heavy atom. The van der Waals surface area contributed by atoms with Crippen molar-refractivity contribution >= 4 is 5.91 Å². The maximum absolute atomic E-state index is 14.7. The van der Waals surface area contributed by atoms with Gasteiger partial charge in [-0.2, -0.15) is 0 Å². The van der Waals surface area contributed by atoms with Crippen LogP contribution in [0, 0.1) is 11.7 Å². The van der Waals surface area contributed by atoms with Crippen molar-refractivity contribution in [2.45, 2.75) is 44.4 Å². The minimum Gasteiger partial charge on any atom is -0.494 e. The van der Waals surface area contributed by atoms with Gasteiger partial charge in [0.25, 0.3) is 0 Å². The minimum absolute atomic E-state index is 0.0656. The van der Waals surface area contributed by atoms with Crippen molar-refractivity contribution in [1.29, 1.82) is 0 Å². The maximum Gasteiger partial charge on any atom is 0.249 e. The second-order valence-corrected chi connectivity index (χ2v) is 8.31. The van der Waals surface area contributed by atoms with Gasteiger partial charge in [-0.25, -0.2) is 4.39 Å². The highest BCUT2D eigenvalue weighted by atomic mass is 19.1. The fourth-order valence-electron chi connectivity index (χ4n) is 4.61. The molecule has 4 rings (SSSR count). The van der Waals surface area contributed by atoms with Crippen molar-refractivity contribution in [1.82, 2.24) is 15.2 Å². The highest BCUT2D eigenvalue weighted by Crippen LogP contribution is 2.31. The van der Waals surface area contributed by atoms with E-state index < -0.39 is 0 Å². The van der Waals surface area contributed by atoms with Gasteiger partial charge in [0, 0.05) is 31.5 Å². The van der Waals surface area contributed by atoms with E-state index in [0.717, 1.165) is 44.5 Å². The van der Waals surface area contributed by atoms with Crippen LogP contribution in [0.3, 0.4) is 0 Å². The van der Waals surface area contributed by atoms with Crippen LogP contribution in [0.15, 0.2) is 42.6 Å². The molecule has 3 atom stereocenters. The average Bonchev–Trinajstić information content (AvgIpc) is 3.35. The molecule has 166 valence electrons. The lowest BCUT2D eigenvalue weighted by Gasteiger charge is -2.37. The first-order chi connectivity index (χ1) is 15.2. The molecule has 1 aromatic carbocycles. The van der Waals surface area contributed by atoms with Crippen LogP contribution in [0.25, 0.3) is 0 Å². The number of carbonyl (C=O) groups excluding carboxylic acids is 1. The zero-order valence-electron chi connectivity index (χ0n) is 17.9. The number of amides is 1. The molecule has 3 heterocycles. The molecule has 1 aromatic heterocycles. The number of hydrogen-bond donors (Lipinski definition) is 1. The van der Waals surface area contributed by atoms with Crippen molar-refractivity contribution in [3.05, 3.63) is 59.7 Å². The Hall–Kier alpha value is -2.51. The number of nitrogens with zero attached hydrogens (tertiary/aromatic N) is 2. The fourth-order valence-corrected chi connectivity index (χ4v) is 4.61. The molecule has 2 aromatic rings. The number of benzene rings is 1. The molecule has 6 nitrogen and oxygen atoms in total. The number of rotatable bonds is 7. The standard InChI is InChI=1S/C24H30FN3O3/c1-30-20-10-4-7-17(22(20)25)15-28-13-5-8-18(16-28)23(19-9-2-3-12-26-19)27-24(29)21-11-6-14-31-21/h2-4,7,9-10,12,18,21,23H,5-6,8,11,13-16H2,1H3,(H,27,29)/t18-,21+,23+/m1/s1. The molecule has 2 fully saturated rings. The third-order valence-electron chi connectivity index (χ3n) is 6.20. The molecule has 31 heavy (non-hydrogen) atoms. The molecule has 1 amide bonds. The molecule has 0 saturated carbocycles. The Morgan fingerprint density at radius 2 is 2.19 bits per heavy atom. The van der Waals surface area contributed by atoms with Crippen LogP contribution in [0.4, 0.5) is 4.39 Å². The average molecular weight is 428 g/mol. The first kappa shape index (κ1) is 21.7. The number of likely N-dealkylation sites (tertiary alicyclic amines) is 1. The lowest BCUT2D eigenvalue weighted by Crippen LogP contribution is -2.45. The molecule has 0 unspecified atom stereocenters. The maximum atomic E-state index is 14.7. The van der Waals surface area contributed by atoms with Gasteiger partial charge in [0.2, 0.25) is 5.91 Å². The number of aromatic nitrogens is 1. The number of carbonyl (C=O) groups is 1. The van der Waals surface area contributed by atoms with Crippen LogP contribution in [-0.2, 0) is 16.1 Å². The van der Waals surface area contributed by atoms with E-state index in [0.29, 0.717) is 18.7 Å². The zero-order valence-corrected chi connectivity index (χ0v) is 17.9. The molecule has 1 N–H and O–H groups in total. The summed E-state index contributed by atoms with van der Waals surface area (Å²) in [7, 11) is 1.48. The normalized spacial score (nSPS) is 22.8. The van der Waals surface area contributed by atoms with Gasteiger partial charge in [-0.05, 0) is 56.3 Å². The summed E-state index contributed by atoms with van der Waals surface area (Å²) in [5, 5.41) is 3.21. The molecule has 2 aliphatic rings. The van der Waals surface area contributed by atoms with Crippen LogP contribution >= 0.6 is 0 Å². The quantitative estimate of drug-likeness (QED) is 0.733. The van der Waals surface area contributed by atoms with Crippen molar-refractivity contribution in [2.75, 3.05) is 26.8 Å². The summed E-state index contributed by atoms with van der Waals surface area (Å²) in [6.07, 6.45) is 5.01. The van der Waals surface area contributed by atoms with E-state index in [2.05, 4.69) is 15.2 Å². The van der Waals surface area contributed by atoms with Crippen LogP contribution in [0.2, 0.25) is 0 Å². The van der Waals surface area contributed by atoms with Crippen LogP contribution in [-0.4, -0.2) is 48.7 Å². The smallest absolute Gasteiger partial charge is 0.249 e. The molecule has 7 heteroatoms. The molecule has 2 aliphatic heterocycles. The number of methoxy groups -OCH3 is 1. The molecule has 0 bridgehead atoms. The van der Waals surface area contributed by atoms with Gasteiger partial charge >= 0.3 is 0 Å². The van der Waals surface area contributed by atoms with Gasteiger partial charge in [-0.15, -0.1) is 0 Å². The van der Waals surface area contributed by atoms with Crippen molar-refractivity contribution in [3.8, 4) is 5.75 Å². The Labute approximate surface area is 182 Å². The predicted octanol–water partition coefficient (Wildman–Crippen LogP) is 3.48.